The second-order valence-corrected chi connectivity index (χ2v) is 4.42. The Hall–Kier alpha value is -1.06. The lowest BCUT2D eigenvalue weighted by molar-refractivity contribution is -0.149. The predicted octanol–water partition coefficient (Wildman–Crippen LogP) is 3.23. The minimum absolute atomic E-state index is 0.104. The molecule has 0 bridgehead atoms. The van der Waals surface area contributed by atoms with Crippen LogP contribution in [0.1, 0.15) is 64.7 Å². The summed E-state index contributed by atoms with van der Waals surface area (Å²) in [6.45, 7) is 2.67. The van der Waals surface area contributed by atoms with Crippen LogP contribution in [-0.4, -0.2) is 25.7 Å². The Morgan fingerprint density at radius 1 is 0.833 bits per heavy atom. The van der Waals surface area contributed by atoms with Crippen LogP contribution in [0.15, 0.2) is 0 Å². The van der Waals surface area contributed by atoms with Crippen LogP contribution < -0.4 is 0 Å². The third-order valence-corrected chi connectivity index (χ3v) is 2.77. The first-order valence-electron chi connectivity index (χ1n) is 6.93. The summed E-state index contributed by atoms with van der Waals surface area (Å²) in [5, 5.41) is 0. The molecule has 0 atom stereocenters. The quantitative estimate of drug-likeness (QED) is 0.422. The second-order valence-electron chi connectivity index (χ2n) is 4.42. The molecular formula is C14H26O4. The van der Waals surface area contributed by atoms with Crippen LogP contribution in [0.4, 0.5) is 0 Å². The lowest BCUT2D eigenvalue weighted by atomic mass is 10.1. The molecule has 0 heterocycles. The molecule has 106 valence electrons. The van der Waals surface area contributed by atoms with Gasteiger partial charge in [0.2, 0.25) is 0 Å². The van der Waals surface area contributed by atoms with E-state index in [-0.39, 0.29) is 24.8 Å². The number of rotatable bonds is 11. The maximum atomic E-state index is 11.2. The van der Waals surface area contributed by atoms with E-state index in [4.69, 9.17) is 4.74 Å². The smallest absolute Gasteiger partial charge is 0.306 e. The standard InChI is InChI=1S/C14H26O4/c1-3-4-5-6-7-8-9-12-18-14(16)11-10-13(15)17-2/h3-12H2,1-2H3. The van der Waals surface area contributed by atoms with Crippen molar-refractivity contribution in [2.45, 2.75) is 64.7 Å². The normalized spacial score (nSPS) is 10.1. The van der Waals surface area contributed by atoms with Gasteiger partial charge in [-0.05, 0) is 6.42 Å². The monoisotopic (exact) mass is 258 g/mol. The maximum absolute atomic E-state index is 11.2. The van der Waals surface area contributed by atoms with Gasteiger partial charge in [0.15, 0.2) is 0 Å². The lowest BCUT2D eigenvalue weighted by Gasteiger charge is -2.04. The zero-order valence-electron chi connectivity index (χ0n) is 11.7. The van der Waals surface area contributed by atoms with E-state index in [1.54, 1.807) is 0 Å². The van der Waals surface area contributed by atoms with E-state index < -0.39 is 0 Å². The summed E-state index contributed by atoms with van der Waals surface area (Å²) in [5.41, 5.74) is 0. The molecule has 0 aromatic carbocycles. The van der Waals surface area contributed by atoms with Gasteiger partial charge in [0, 0.05) is 0 Å². The van der Waals surface area contributed by atoms with Gasteiger partial charge in [-0.2, -0.15) is 0 Å². The molecule has 0 unspecified atom stereocenters. The number of unbranched alkanes of at least 4 members (excludes halogenated alkanes) is 6. The molecule has 4 heteroatoms. The summed E-state index contributed by atoms with van der Waals surface area (Å²) in [6.07, 6.45) is 8.58. The fourth-order valence-electron chi connectivity index (χ4n) is 1.62. The third-order valence-electron chi connectivity index (χ3n) is 2.77. The summed E-state index contributed by atoms with van der Waals surface area (Å²) in [4.78, 5) is 22.0. The molecule has 0 saturated heterocycles. The number of hydrogen-bond donors (Lipinski definition) is 0. The molecule has 0 fully saturated rings. The van der Waals surface area contributed by atoms with Gasteiger partial charge in [-0.3, -0.25) is 9.59 Å². The number of carbonyl (C=O) groups excluding carboxylic acids is 2. The Bertz CT molecular complexity index is 226. The fraction of sp³-hybridized carbons (Fsp3) is 0.857. The molecule has 0 amide bonds. The largest absolute Gasteiger partial charge is 0.469 e. The van der Waals surface area contributed by atoms with Gasteiger partial charge in [0.05, 0.1) is 26.6 Å². The first-order valence-corrected chi connectivity index (χ1v) is 6.93. The van der Waals surface area contributed by atoms with Gasteiger partial charge >= 0.3 is 11.9 Å². The number of ether oxygens (including phenoxy) is 2. The summed E-state index contributed by atoms with van der Waals surface area (Å²) in [5.74, 6) is -0.686. The van der Waals surface area contributed by atoms with E-state index >= 15 is 0 Å². The molecule has 0 rings (SSSR count). The van der Waals surface area contributed by atoms with Crippen LogP contribution in [0.25, 0.3) is 0 Å². The molecule has 18 heavy (non-hydrogen) atoms. The van der Waals surface area contributed by atoms with Crippen LogP contribution in [0, 0.1) is 0 Å². The summed E-state index contributed by atoms with van der Waals surface area (Å²) in [7, 11) is 1.31. The van der Waals surface area contributed by atoms with E-state index in [0.29, 0.717) is 6.61 Å². The molecular weight excluding hydrogens is 232 g/mol. The highest BCUT2D eigenvalue weighted by molar-refractivity contribution is 5.77. The summed E-state index contributed by atoms with van der Waals surface area (Å²) in [6, 6.07) is 0. The Morgan fingerprint density at radius 3 is 2.00 bits per heavy atom. The van der Waals surface area contributed by atoms with Gasteiger partial charge in [-0.15, -0.1) is 0 Å². The second kappa shape index (κ2) is 12.4. The molecule has 0 aliphatic rings. The highest BCUT2D eigenvalue weighted by Crippen LogP contribution is 2.07. The molecule has 0 aromatic heterocycles. The van der Waals surface area contributed by atoms with E-state index in [1.165, 1.54) is 39.2 Å². The van der Waals surface area contributed by atoms with E-state index in [1.807, 2.05) is 0 Å². The van der Waals surface area contributed by atoms with Gasteiger partial charge in [0.25, 0.3) is 0 Å². The van der Waals surface area contributed by atoms with E-state index in [0.717, 1.165) is 12.8 Å². The van der Waals surface area contributed by atoms with Crippen molar-refractivity contribution in [1.82, 2.24) is 0 Å². The van der Waals surface area contributed by atoms with Crippen LogP contribution >= 0.6 is 0 Å². The molecule has 0 radical (unpaired) electrons. The van der Waals surface area contributed by atoms with Crippen LogP contribution in [0.5, 0.6) is 0 Å². The number of hydrogen-bond acceptors (Lipinski definition) is 4. The minimum atomic E-state index is -0.372. The zero-order valence-corrected chi connectivity index (χ0v) is 11.7. The molecule has 0 aromatic rings. The van der Waals surface area contributed by atoms with Crippen molar-refractivity contribution in [3.63, 3.8) is 0 Å². The van der Waals surface area contributed by atoms with Crippen molar-refractivity contribution >= 4 is 11.9 Å². The third kappa shape index (κ3) is 11.4. The molecule has 4 nitrogen and oxygen atoms in total. The van der Waals surface area contributed by atoms with Crippen molar-refractivity contribution in [3.8, 4) is 0 Å². The molecule has 0 aliphatic heterocycles. The topological polar surface area (TPSA) is 52.6 Å². The summed E-state index contributed by atoms with van der Waals surface area (Å²) >= 11 is 0. The molecule has 0 N–H and O–H groups in total. The maximum Gasteiger partial charge on any atom is 0.306 e. The first kappa shape index (κ1) is 16.9. The number of esters is 2. The Labute approximate surface area is 110 Å². The number of carbonyl (C=O) groups is 2. The highest BCUT2D eigenvalue weighted by Gasteiger charge is 2.07. The van der Waals surface area contributed by atoms with Crippen molar-refractivity contribution in [3.05, 3.63) is 0 Å². The van der Waals surface area contributed by atoms with Crippen molar-refractivity contribution in [2.24, 2.45) is 0 Å². The van der Waals surface area contributed by atoms with Gasteiger partial charge in [0.1, 0.15) is 0 Å². The Morgan fingerprint density at radius 2 is 1.39 bits per heavy atom. The predicted molar refractivity (Wildman–Crippen MR) is 70.2 cm³/mol. The van der Waals surface area contributed by atoms with Gasteiger partial charge in [-0.1, -0.05) is 45.4 Å². The highest BCUT2D eigenvalue weighted by atomic mass is 16.5. The van der Waals surface area contributed by atoms with Gasteiger partial charge in [-0.25, -0.2) is 0 Å². The van der Waals surface area contributed by atoms with Crippen LogP contribution in [0.3, 0.4) is 0 Å². The number of methoxy groups -OCH3 is 1. The average molecular weight is 258 g/mol. The van der Waals surface area contributed by atoms with Gasteiger partial charge < -0.3 is 9.47 Å². The Kier molecular flexibility index (Phi) is 11.7. The molecule has 0 spiro atoms. The zero-order chi connectivity index (χ0) is 13.6. The first-order chi connectivity index (χ1) is 8.70. The van der Waals surface area contributed by atoms with Crippen molar-refractivity contribution < 1.29 is 19.1 Å². The summed E-state index contributed by atoms with van der Waals surface area (Å²) < 4.78 is 9.46. The van der Waals surface area contributed by atoms with Crippen LogP contribution in [-0.2, 0) is 19.1 Å². The molecule has 0 aliphatic carbocycles. The minimum Gasteiger partial charge on any atom is -0.469 e. The van der Waals surface area contributed by atoms with E-state index in [2.05, 4.69) is 11.7 Å². The lowest BCUT2D eigenvalue weighted by Crippen LogP contribution is -2.09. The molecule has 0 saturated carbocycles. The van der Waals surface area contributed by atoms with E-state index in [9.17, 15) is 9.59 Å². The average Bonchev–Trinajstić information content (AvgIpc) is 2.39. The van der Waals surface area contributed by atoms with Crippen molar-refractivity contribution in [1.29, 1.82) is 0 Å². The Balaban J connectivity index is 3.22. The SMILES string of the molecule is CCCCCCCCCOC(=O)CCC(=O)OC. The fourth-order valence-corrected chi connectivity index (χ4v) is 1.62. The van der Waals surface area contributed by atoms with Crippen molar-refractivity contribution in [2.75, 3.05) is 13.7 Å². The van der Waals surface area contributed by atoms with Crippen LogP contribution in [0.2, 0.25) is 0 Å².